The van der Waals surface area contributed by atoms with Crippen molar-refractivity contribution in [1.29, 1.82) is 0 Å². The van der Waals surface area contributed by atoms with Crippen molar-refractivity contribution in [2.75, 3.05) is 6.61 Å². The van der Waals surface area contributed by atoms with Crippen LogP contribution in [0.3, 0.4) is 0 Å². The SMILES string of the molecule is CC(C)(C)[Si](OCC[C@]12C=C[C@H](CC1)[C@H]2O)(c1ccccc1)c1ccccc1. The van der Waals surface area contributed by atoms with Crippen molar-refractivity contribution >= 4 is 18.7 Å². The summed E-state index contributed by atoms with van der Waals surface area (Å²) < 4.78 is 7.02. The maximum Gasteiger partial charge on any atom is 0.261 e. The molecule has 0 saturated heterocycles. The predicted molar refractivity (Wildman–Crippen MR) is 118 cm³/mol. The fourth-order valence-corrected chi connectivity index (χ4v) is 9.94. The topological polar surface area (TPSA) is 29.5 Å². The second-order valence-electron chi connectivity index (χ2n) is 9.50. The van der Waals surface area contributed by atoms with E-state index in [0.29, 0.717) is 12.5 Å². The maximum absolute atomic E-state index is 10.7. The molecule has 2 aliphatic carbocycles. The summed E-state index contributed by atoms with van der Waals surface area (Å²) in [5.74, 6) is 0.355. The average Bonchev–Trinajstić information content (AvgIpc) is 3.17. The summed E-state index contributed by atoms with van der Waals surface area (Å²) in [4.78, 5) is 0. The third-order valence-corrected chi connectivity index (χ3v) is 12.0. The summed E-state index contributed by atoms with van der Waals surface area (Å²) in [7, 11) is -2.48. The Hall–Kier alpha value is -1.68. The molecule has 2 bridgehead atoms. The molecule has 0 radical (unpaired) electrons. The van der Waals surface area contributed by atoms with E-state index < -0.39 is 8.32 Å². The van der Waals surface area contributed by atoms with Gasteiger partial charge in [0, 0.05) is 17.9 Å². The highest BCUT2D eigenvalue weighted by Crippen LogP contribution is 2.51. The highest BCUT2D eigenvalue weighted by Gasteiger charge is 2.52. The molecule has 0 unspecified atom stereocenters. The molecular weight excluding hydrogens is 360 g/mol. The number of benzene rings is 2. The van der Waals surface area contributed by atoms with E-state index in [4.69, 9.17) is 4.43 Å². The summed E-state index contributed by atoms with van der Waals surface area (Å²) >= 11 is 0. The molecule has 0 aliphatic heterocycles. The van der Waals surface area contributed by atoms with Gasteiger partial charge in [-0.1, -0.05) is 93.6 Å². The minimum atomic E-state index is -2.48. The number of aliphatic hydroxyl groups excluding tert-OH is 1. The summed E-state index contributed by atoms with van der Waals surface area (Å²) in [6.45, 7) is 7.62. The molecule has 28 heavy (non-hydrogen) atoms. The van der Waals surface area contributed by atoms with E-state index in [2.05, 4.69) is 93.6 Å². The molecule has 0 spiro atoms. The van der Waals surface area contributed by atoms with Gasteiger partial charge in [0.25, 0.3) is 8.32 Å². The second-order valence-corrected chi connectivity index (χ2v) is 13.8. The van der Waals surface area contributed by atoms with Gasteiger partial charge in [0.1, 0.15) is 0 Å². The Morgan fingerprint density at radius 1 is 1.00 bits per heavy atom. The largest absolute Gasteiger partial charge is 0.407 e. The average molecular weight is 393 g/mol. The van der Waals surface area contributed by atoms with E-state index in [1.54, 1.807) is 0 Å². The molecular formula is C25H32O2Si. The van der Waals surface area contributed by atoms with Crippen LogP contribution in [-0.4, -0.2) is 26.1 Å². The summed E-state index contributed by atoms with van der Waals surface area (Å²) in [6.07, 6.45) is 7.34. The van der Waals surface area contributed by atoms with Crippen LogP contribution < -0.4 is 10.4 Å². The zero-order chi connectivity index (χ0) is 19.8. The van der Waals surface area contributed by atoms with Gasteiger partial charge < -0.3 is 9.53 Å². The molecule has 1 saturated carbocycles. The van der Waals surface area contributed by atoms with Crippen molar-refractivity contribution in [2.24, 2.45) is 11.3 Å². The van der Waals surface area contributed by atoms with Crippen LogP contribution in [0.4, 0.5) is 0 Å². The molecule has 2 aromatic rings. The van der Waals surface area contributed by atoms with Gasteiger partial charge in [-0.25, -0.2) is 0 Å². The Bertz CT molecular complexity index is 785. The standard InChI is InChI=1S/C25H32O2Si/c1-24(2,3)28(21-10-6-4-7-11-21,22-12-8-5-9-13-22)27-19-18-25-16-14-20(15-17-25)23(25)26/h4-14,16,20,23,26H,15,17-19H2,1-3H3/t20-,23-,25+/m1/s1. The van der Waals surface area contributed by atoms with Crippen molar-refractivity contribution in [2.45, 2.75) is 51.2 Å². The second kappa shape index (κ2) is 7.29. The molecule has 0 heterocycles. The monoisotopic (exact) mass is 392 g/mol. The third-order valence-electron chi connectivity index (χ3n) is 6.92. The Kier molecular flexibility index (Phi) is 5.11. The molecule has 0 amide bonds. The molecule has 3 atom stereocenters. The lowest BCUT2D eigenvalue weighted by Gasteiger charge is -2.43. The quantitative estimate of drug-likeness (QED) is 0.587. The fourth-order valence-electron chi connectivity index (χ4n) is 5.38. The smallest absolute Gasteiger partial charge is 0.261 e. The zero-order valence-corrected chi connectivity index (χ0v) is 18.3. The van der Waals surface area contributed by atoms with Crippen LogP contribution in [0.15, 0.2) is 72.8 Å². The number of aliphatic hydroxyl groups is 1. The normalized spacial score (nSPS) is 26.7. The van der Waals surface area contributed by atoms with Crippen LogP contribution >= 0.6 is 0 Å². The van der Waals surface area contributed by atoms with E-state index in [1.165, 1.54) is 10.4 Å². The van der Waals surface area contributed by atoms with Crippen molar-refractivity contribution < 1.29 is 9.53 Å². The van der Waals surface area contributed by atoms with Gasteiger partial charge in [0.2, 0.25) is 0 Å². The number of hydrogen-bond acceptors (Lipinski definition) is 2. The first kappa shape index (κ1) is 19.6. The van der Waals surface area contributed by atoms with Crippen LogP contribution in [0.2, 0.25) is 5.04 Å². The van der Waals surface area contributed by atoms with Gasteiger partial charge in [0.15, 0.2) is 0 Å². The van der Waals surface area contributed by atoms with Gasteiger partial charge in [0.05, 0.1) is 6.10 Å². The van der Waals surface area contributed by atoms with E-state index in [0.717, 1.165) is 19.3 Å². The van der Waals surface area contributed by atoms with Gasteiger partial charge in [-0.05, 0) is 34.7 Å². The molecule has 2 aromatic carbocycles. The van der Waals surface area contributed by atoms with E-state index in [9.17, 15) is 5.11 Å². The Morgan fingerprint density at radius 3 is 1.96 bits per heavy atom. The third kappa shape index (κ3) is 3.10. The summed E-state index contributed by atoms with van der Waals surface area (Å²) in [6, 6.07) is 21.6. The molecule has 1 fully saturated rings. The van der Waals surface area contributed by atoms with Gasteiger partial charge in [-0.3, -0.25) is 0 Å². The first-order valence-electron chi connectivity index (χ1n) is 10.5. The maximum atomic E-state index is 10.7. The molecule has 2 nitrogen and oxygen atoms in total. The molecule has 3 heteroatoms. The summed E-state index contributed by atoms with van der Waals surface area (Å²) in [5, 5.41) is 13.3. The molecule has 0 aromatic heterocycles. The summed E-state index contributed by atoms with van der Waals surface area (Å²) in [5.41, 5.74) is -0.0733. The van der Waals surface area contributed by atoms with E-state index >= 15 is 0 Å². The van der Waals surface area contributed by atoms with Crippen molar-refractivity contribution in [3.8, 4) is 0 Å². The van der Waals surface area contributed by atoms with Crippen molar-refractivity contribution in [1.82, 2.24) is 0 Å². The van der Waals surface area contributed by atoms with E-state index in [1.807, 2.05) is 0 Å². The van der Waals surface area contributed by atoms with Crippen LogP contribution in [0, 0.1) is 11.3 Å². The minimum absolute atomic E-state index is 0.00425. The van der Waals surface area contributed by atoms with Crippen LogP contribution in [0.25, 0.3) is 0 Å². The lowest BCUT2D eigenvalue weighted by molar-refractivity contribution is 0.0625. The van der Waals surface area contributed by atoms with Gasteiger partial charge in [-0.15, -0.1) is 0 Å². The first-order valence-corrected chi connectivity index (χ1v) is 12.4. The lowest BCUT2D eigenvalue weighted by Crippen LogP contribution is -2.66. The zero-order valence-electron chi connectivity index (χ0n) is 17.3. The Balaban J connectivity index is 1.68. The molecule has 148 valence electrons. The van der Waals surface area contributed by atoms with Crippen molar-refractivity contribution in [3.63, 3.8) is 0 Å². The van der Waals surface area contributed by atoms with Gasteiger partial charge in [-0.2, -0.15) is 0 Å². The molecule has 1 N–H and O–H groups in total. The minimum Gasteiger partial charge on any atom is -0.407 e. The molecule has 4 rings (SSSR count). The van der Waals surface area contributed by atoms with Crippen molar-refractivity contribution in [3.05, 3.63) is 72.8 Å². The predicted octanol–water partition coefficient (Wildman–Crippen LogP) is 4.28. The van der Waals surface area contributed by atoms with Crippen LogP contribution in [-0.2, 0) is 4.43 Å². The highest BCUT2D eigenvalue weighted by molar-refractivity contribution is 6.99. The first-order chi connectivity index (χ1) is 13.4. The van der Waals surface area contributed by atoms with E-state index in [-0.39, 0.29) is 16.6 Å². The number of rotatable bonds is 6. The highest BCUT2D eigenvalue weighted by atomic mass is 28.4. The Morgan fingerprint density at radius 2 is 1.57 bits per heavy atom. The van der Waals surface area contributed by atoms with Crippen LogP contribution in [0.1, 0.15) is 40.0 Å². The number of hydrogen-bond donors (Lipinski definition) is 1. The number of fused-ring (bicyclic) bond motifs is 2. The van der Waals surface area contributed by atoms with Gasteiger partial charge >= 0.3 is 0 Å². The van der Waals surface area contributed by atoms with Crippen LogP contribution in [0.5, 0.6) is 0 Å². The lowest BCUT2D eigenvalue weighted by atomic mass is 9.83. The molecule has 2 aliphatic rings. The fraction of sp³-hybridized carbons (Fsp3) is 0.440. The Labute approximate surface area is 170 Å².